The molecule has 0 bridgehead atoms. The van der Waals surface area contributed by atoms with Gasteiger partial charge in [-0.15, -0.1) is 0 Å². The van der Waals surface area contributed by atoms with Crippen LogP contribution in [-0.2, 0) is 17.8 Å². The SMILES string of the molecule is CCc1ccc(Cn2c3cncc(OCC(=O)O)c3c3c(C(N)=O)cccc32)cc1. The zero-order valence-electron chi connectivity index (χ0n) is 16.5. The fraction of sp³-hybridized carbons (Fsp3) is 0.174. The lowest BCUT2D eigenvalue weighted by Gasteiger charge is -2.09. The third-order valence-electron chi connectivity index (χ3n) is 5.15. The predicted octanol–water partition coefficient (Wildman–Crippen LogP) is 3.36. The molecule has 2 aromatic heterocycles. The molecule has 1 amide bonds. The summed E-state index contributed by atoms with van der Waals surface area (Å²) in [5.74, 6) is -1.36. The van der Waals surface area contributed by atoms with Crippen LogP contribution in [0.2, 0.25) is 0 Å². The summed E-state index contributed by atoms with van der Waals surface area (Å²) < 4.78 is 7.53. The van der Waals surface area contributed by atoms with Gasteiger partial charge in [0.2, 0.25) is 5.91 Å². The second-order valence-corrected chi connectivity index (χ2v) is 7.03. The quantitative estimate of drug-likeness (QED) is 0.492. The second kappa shape index (κ2) is 7.87. The van der Waals surface area contributed by atoms with Gasteiger partial charge in [-0.2, -0.15) is 0 Å². The number of pyridine rings is 1. The molecule has 7 heteroatoms. The highest BCUT2D eigenvalue weighted by Gasteiger charge is 2.20. The van der Waals surface area contributed by atoms with Crippen LogP contribution in [0, 0.1) is 0 Å². The highest BCUT2D eigenvalue weighted by Crippen LogP contribution is 2.37. The molecule has 2 aromatic carbocycles. The lowest BCUT2D eigenvalue weighted by Crippen LogP contribution is -2.11. The molecule has 152 valence electrons. The van der Waals surface area contributed by atoms with Gasteiger partial charge in [0.05, 0.1) is 28.8 Å². The Kier molecular flexibility index (Phi) is 5.10. The number of rotatable bonds is 7. The van der Waals surface area contributed by atoms with Crippen molar-refractivity contribution in [3.63, 3.8) is 0 Å². The van der Waals surface area contributed by atoms with Crippen molar-refractivity contribution in [3.8, 4) is 5.75 Å². The molecule has 0 unspecified atom stereocenters. The molecule has 0 spiro atoms. The second-order valence-electron chi connectivity index (χ2n) is 7.03. The Morgan fingerprint density at radius 2 is 1.77 bits per heavy atom. The summed E-state index contributed by atoms with van der Waals surface area (Å²) in [5.41, 5.74) is 9.87. The highest BCUT2D eigenvalue weighted by atomic mass is 16.5. The number of primary amides is 1. The molecule has 0 saturated heterocycles. The Balaban J connectivity index is 1.96. The van der Waals surface area contributed by atoms with Gasteiger partial charge in [-0.1, -0.05) is 37.3 Å². The summed E-state index contributed by atoms with van der Waals surface area (Å²) in [6.45, 7) is 2.15. The molecule has 0 fully saturated rings. The number of ether oxygens (including phenoxy) is 1. The van der Waals surface area contributed by atoms with Crippen LogP contribution in [-0.4, -0.2) is 33.1 Å². The van der Waals surface area contributed by atoms with E-state index >= 15 is 0 Å². The predicted molar refractivity (Wildman–Crippen MR) is 114 cm³/mol. The van der Waals surface area contributed by atoms with E-state index in [-0.39, 0.29) is 0 Å². The van der Waals surface area contributed by atoms with E-state index in [0.717, 1.165) is 23.0 Å². The first-order chi connectivity index (χ1) is 14.5. The van der Waals surface area contributed by atoms with Crippen LogP contribution in [0.15, 0.2) is 54.9 Å². The van der Waals surface area contributed by atoms with Gasteiger partial charge in [0.25, 0.3) is 0 Å². The summed E-state index contributed by atoms with van der Waals surface area (Å²) in [4.78, 5) is 27.4. The van der Waals surface area contributed by atoms with Gasteiger partial charge in [-0.25, -0.2) is 4.79 Å². The molecule has 4 rings (SSSR count). The van der Waals surface area contributed by atoms with Gasteiger partial charge in [-0.05, 0) is 29.7 Å². The lowest BCUT2D eigenvalue weighted by atomic mass is 10.1. The minimum absolute atomic E-state index is 0.300. The lowest BCUT2D eigenvalue weighted by molar-refractivity contribution is -0.139. The van der Waals surface area contributed by atoms with Crippen LogP contribution >= 0.6 is 0 Å². The van der Waals surface area contributed by atoms with E-state index < -0.39 is 18.5 Å². The van der Waals surface area contributed by atoms with E-state index in [2.05, 4.69) is 36.2 Å². The maximum absolute atomic E-state index is 12.1. The van der Waals surface area contributed by atoms with Crippen molar-refractivity contribution < 1.29 is 19.4 Å². The topological polar surface area (TPSA) is 107 Å². The van der Waals surface area contributed by atoms with Crippen LogP contribution in [0.3, 0.4) is 0 Å². The zero-order valence-corrected chi connectivity index (χ0v) is 16.5. The molecule has 3 N–H and O–H groups in total. The Morgan fingerprint density at radius 1 is 1.03 bits per heavy atom. The number of aromatic nitrogens is 2. The molecule has 0 aliphatic carbocycles. The summed E-state index contributed by atoms with van der Waals surface area (Å²) in [5, 5.41) is 10.3. The minimum Gasteiger partial charge on any atom is -0.480 e. The maximum atomic E-state index is 12.1. The third-order valence-corrected chi connectivity index (χ3v) is 5.15. The molecular weight excluding hydrogens is 382 g/mol. The molecule has 0 atom stereocenters. The average molecular weight is 403 g/mol. The standard InChI is InChI=1S/C23H21N3O4/c1-2-14-6-8-15(9-7-14)12-26-17-5-3-4-16(23(24)29)21(17)22-18(26)10-25-11-19(22)30-13-20(27)28/h3-11H,2,12-13H2,1H3,(H2,24,29)(H,27,28). The fourth-order valence-corrected chi connectivity index (χ4v) is 3.73. The van der Waals surface area contributed by atoms with E-state index in [1.807, 2.05) is 10.6 Å². The van der Waals surface area contributed by atoms with E-state index in [4.69, 9.17) is 15.6 Å². The maximum Gasteiger partial charge on any atom is 0.341 e. The van der Waals surface area contributed by atoms with E-state index in [1.54, 1.807) is 18.3 Å². The monoisotopic (exact) mass is 403 g/mol. The molecule has 30 heavy (non-hydrogen) atoms. The number of aryl methyl sites for hydroxylation is 1. The van der Waals surface area contributed by atoms with Gasteiger partial charge in [0.1, 0.15) is 5.75 Å². The first-order valence-electron chi connectivity index (χ1n) is 9.60. The number of carbonyl (C=O) groups excluding carboxylic acids is 1. The number of hydrogen-bond acceptors (Lipinski definition) is 4. The van der Waals surface area contributed by atoms with Crippen LogP contribution < -0.4 is 10.5 Å². The number of carboxylic acid groups (broad SMARTS) is 1. The van der Waals surface area contributed by atoms with Crippen molar-refractivity contribution in [1.82, 2.24) is 9.55 Å². The molecule has 0 aliphatic rings. The molecule has 0 aliphatic heterocycles. The minimum atomic E-state index is -1.10. The molecule has 2 heterocycles. The number of nitrogens with two attached hydrogens (primary N) is 1. The third kappa shape index (κ3) is 3.45. The number of amides is 1. The number of fused-ring (bicyclic) bond motifs is 3. The number of aliphatic carboxylic acids is 1. The summed E-state index contributed by atoms with van der Waals surface area (Å²) >= 11 is 0. The Morgan fingerprint density at radius 3 is 2.43 bits per heavy atom. The largest absolute Gasteiger partial charge is 0.480 e. The van der Waals surface area contributed by atoms with Crippen molar-refractivity contribution in [3.05, 3.63) is 71.5 Å². The van der Waals surface area contributed by atoms with Crippen LogP contribution in [0.5, 0.6) is 5.75 Å². The Hall–Kier alpha value is -3.87. The van der Waals surface area contributed by atoms with Gasteiger partial charge in [-0.3, -0.25) is 9.78 Å². The molecule has 4 aromatic rings. The van der Waals surface area contributed by atoms with Crippen molar-refractivity contribution in [2.24, 2.45) is 5.73 Å². The number of benzene rings is 2. The number of carboxylic acids is 1. The molecule has 0 saturated carbocycles. The van der Waals surface area contributed by atoms with Crippen molar-refractivity contribution >= 4 is 33.7 Å². The smallest absolute Gasteiger partial charge is 0.341 e. The molecular formula is C23H21N3O4. The summed E-state index contributed by atoms with van der Waals surface area (Å²) in [6.07, 6.45) is 4.11. The summed E-state index contributed by atoms with van der Waals surface area (Å²) in [7, 11) is 0. The highest BCUT2D eigenvalue weighted by molar-refractivity contribution is 6.19. The first-order valence-corrected chi connectivity index (χ1v) is 9.60. The Labute approximate surface area is 172 Å². The normalized spacial score (nSPS) is 11.1. The zero-order chi connectivity index (χ0) is 21.3. The fourth-order valence-electron chi connectivity index (χ4n) is 3.73. The van der Waals surface area contributed by atoms with Crippen LogP contribution in [0.25, 0.3) is 21.8 Å². The van der Waals surface area contributed by atoms with Gasteiger partial charge >= 0.3 is 5.97 Å². The van der Waals surface area contributed by atoms with E-state index in [9.17, 15) is 9.59 Å². The van der Waals surface area contributed by atoms with Crippen molar-refractivity contribution in [2.45, 2.75) is 19.9 Å². The molecule has 7 nitrogen and oxygen atoms in total. The van der Waals surface area contributed by atoms with Gasteiger partial charge in [0, 0.05) is 17.5 Å². The van der Waals surface area contributed by atoms with Crippen molar-refractivity contribution in [2.75, 3.05) is 6.61 Å². The number of nitrogens with zero attached hydrogens (tertiary/aromatic N) is 2. The number of carbonyl (C=O) groups is 2. The van der Waals surface area contributed by atoms with Crippen LogP contribution in [0.4, 0.5) is 0 Å². The average Bonchev–Trinajstić information content (AvgIpc) is 3.07. The van der Waals surface area contributed by atoms with E-state index in [1.165, 1.54) is 11.8 Å². The molecule has 0 radical (unpaired) electrons. The number of hydrogen-bond donors (Lipinski definition) is 2. The summed E-state index contributed by atoms with van der Waals surface area (Å²) in [6, 6.07) is 13.7. The van der Waals surface area contributed by atoms with Gasteiger partial charge < -0.3 is 20.1 Å². The first kappa shape index (κ1) is 19.4. The van der Waals surface area contributed by atoms with Crippen molar-refractivity contribution in [1.29, 1.82) is 0 Å². The van der Waals surface area contributed by atoms with E-state index in [0.29, 0.717) is 28.6 Å². The van der Waals surface area contributed by atoms with Gasteiger partial charge in [0.15, 0.2) is 6.61 Å². The Bertz CT molecular complexity index is 1260. The van der Waals surface area contributed by atoms with Crippen LogP contribution in [0.1, 0.15) is 28.4 Å².